The van der Waals surface area contributed by atoms with Gasteiger partial charge in [-0.15, -0.1) is 0 Å². The zero-order chi connectivity index (χ0) is 20.2. The molecule has 0 saturated carbocycles. The van der Waals surface area contributed by atoms with E-state index < -0.39 is 0 Å². The highest BCUT2D eigenvalue weighted by Crippen LogP contribution is 2.25. The maximum absolute atomic E-state index is 13.2. The van der Waals surface area contributed by atoms with Gasteiger partial charge in [0.1, 0.15) is 5.75 Å². The molecule has 0 aliphatic rings. The monoisotopic (exact) mass is 442 g/mol. The van der Waals surface area contributed by atoms with Crippen LogP contribution in [-0.2, 0) is 0 Å². The highest BCUT2D eigenvalue weighted by Gasteiger charge is 2.13. The lowest BCUT2D eigenvalue weighted by molar-refractivity contribution is 0.344. The molecule has 4 rings (SSSR count). The molecule has 29 heavy (non-hydrogen) atoms. The normalized spacial score (nSPS) is 11.0. The van der Waals surface area contributed by atoms with Gasteiger partial charge in [0.25, 0.3) is 5.56 Å². The molecule has 0 radical (unpaired) electrons. The average molecular weight is 443 g/mol. The van der Waals surface area contributed by atoms with Gasteiger partial charge in [-0.25, -0.2) is 4.98 Å². The maximum atomic E-state index is 13.2. The lowest BCUT2D eigenvalue weighted by atomic mass is 10.2. The number of benzene rings is 3. The Morgan fingerprint density at radius 1 is 0.931 bits per heavy atom. The zero-order valence-corrected chi connectivity index (χ0v) is 17.5. The molecule has 0 fully saturated rings. The van der Waals surface area contributed by atoms with Crippen LogP contribution in [0.15, 0.2) is 82.7 Å². The summed E-state index contributed by atoms with van der Waals surface area (Å²) in [5.74, 6) is 1.24. The third-order valence-electron chi connectivity index (χ3n) is 4.24. The summed E-state index contributed by atoms with van der Waals surface area (Å²) in [5.41, 5.74) is 1.26. The number of ether oxygens (including phenoxy) is 1. The number of thioether (sulfide) groups is 1. The lowest BCUT2D eigenvalue weighted by Crippen LogP contribution is -2.22. The first-order chi connectivity index (χ1) is 14.1. The van der Waals surface area contributed by atoms with Gasteiger partial charge in [0.15, 0.2) is 5.16 Å². The van der Waals surface area contributed by atoms with Crippen molar-refractivity contribution in [2.24, 2.45) is 0 Å². The summed E-state index contributed by atoms with van der Waals surface area (Å²) in [6.45, 7) is 0.428. The average Bonchev–Trinajstić information content (AvgIpc) is 2.73. The molecule has 0 bridgehead atoms. The van der Waals surface area contributed by atoms with Gasteiger partial charge in [-0.05, 0) is 48.5 Å². The topological polar surface area (TPSA) is 44.1 Å². The van der Waals surface area contributed by atoms with Crippen molar-refractivity contribution in [3.63, 3.8) is 0 Å². The van der Waals surface area contributed by atoms with Crippen molar-refractivity contribution in [3.8, 4) is 11.4 Å². The van der Waals surface area contributed by atoms with Crippen LogP contribution in [-0.4, -0.2) is 21.9 Å². The SMILES string of the molecule is O=c1c2ccccc2nc(SCCOc2ccccc2Cl)n1-c1ccc(Cl)cc1. The first-order valence-electron chi connectivity index (χ1n) is 8.91. The van der Waals surface area contributed by atoms with Crippen LogP contribution < -0.4 is 10.3 Å². The van der Waals surface area contributed by atoms with Crippen molar-refractivity contribution in [2.45, 2.75) is 5.16 Å². The third kappa shape index (κ3) is 4.42. The van der Waals surface area contributed by atoms with E-state index in [1.807, 2.05) is 48.5 Å². The van der Waals surface area contributed by atoms with Gasteiger partial charge in [-0.2, -0.15) is 0 Å². The summed E-state index contributed by atoms with van der Waals surface area (Å²) in [4.78, 5) is 17.9. The molecule has 146 valence electrons. The standard InChI is InChI=1S/C22H16Cl2N2O2S/c23-15-9-11-16(12-10-15)26-21(27)17-5-1-3-7-19(17)25-22(26)29-14-13-28-20-8-4-2-6-18(20)24/h1-12H,13-14H2. The van der Waals surface area contributed by atoms with Crippen LogP contribution in [0.4, 0.5) is 0 Å². The fourth-order valence-corrected chi connectivity index (χ4v) is 4.02. The minimum absolute atomic E-state index is 0.118. The molecule has 0 amide bonds. The van der Waals surface area contributed by atoms with Gasteiger partial charge in [-0.3, -0.25) is 9.36 Å². The van der Waals surface area contributed by atoms with Crippen LogP contribution >= 0.6 is 35.0 Å². The number of para-hydroxylation sites is 2. The number of aromatic nitrogens is 2. The Labute approximate surface area is 182 Å². The van der Waals surface area contributed by atoms with Crippen molar-refractivity contribution >= 4 is 45.9 Å². The molecule has 4 aromatic rings. The molecule has 0 saturated heterocycles. The number of hydrogen-bond acceptors (Lipinski definition) is 4. The van der Waals surface area contributed by atoms with Crippen LogP contribution in [0, 0.1) is 0 Å². The van der Waals surface area contributed by atoms with E-state index in [0.29, 0.717) is 49.9 Å². The predicted octanol–water partition coefficient (Wildman–Crippen LogP) is 5.86. The second kappa shape index (κ2) is 8.91. The Balaban J connectivity index is 1.63. The van der Waals surface area contributed by atoms with Gasteiger partial charge in [0.05, 0.1) is 28.2 Å². The number of fused-ring (bicyclic) bond motifs is 1. The molecule has 7 heteroatoms. The lowest BCUT2D eigenvalue weighted by Gasteiger charge is -2.13. The minimum Gasteiger partial charge on any atom is -0.491 e. The van der Waals surface area contributed by atoms with E-state index in [0.717, 1.165) is 0 Å². The largest absolute Gasteiger partial charge is 0.491 e. The first kappa shape index (κ1) is 19.8. The molecule has 4 nitrogen and oxygen atoms in total. The van der Waals surface area contributed by atoms with Crippen molar-refractivity contribution in [1.82, 2.24) is 9.55 Å². The summed E-state index contributed by atoms with van der Waals surface area (Å²) >= 11 is 13.6. The molecule has 0 unspecified atom stereocenters. The summed E-state index contributed by atoms with van der Waals surface area (Å²) in [5, 5.41) is 2.34. The quantitative estimate of drug-likeness (QED) is 0.213. The van der Waals surface area contributed by atoms with E-state index in [1.54, 1.807) is 28.8 Å². The summed E-state index contributed by atoms with van der Waals surface area (Å²) < 4.78 is 7.36. The molecule has 3 aromatic carbocycles. The zero-order valence-electron chi connectivity index (χ0n) is 15.2. The van der Waals surface area contributed by atoms with Gasteiger partial charge >= 0.3 is 0 Å². The van der Waals surface area contributed by atoms with Gasteiger partial charge < -0.3 is 4.74 Å². The van der Waals surface area contributed by atoms with Crippen LogP contribution in [0.3, 0.4) is 0 Å². The van der Waals surface area contributed by atoms with Crippen molar-refractivity contribution < 1.29 is 4.74 Å². The Morgan fingerprint density at radius 2 is 1.66 bits per heavy atom. The molecular formula is C22H16Cl2N2O2S. The minimum atomic E-state index is -0.118. The van der Waals surface area contributed by atoms with Gasteiger partial charge in [0, 0.05) is 10.8 Å². The molecule has 0 aliphatic heterocycles. The Hall–Kier alpha value is -2.47. The second-order valence-corrected chi connectivity index (χ2v) is 8.06. The van der Waals surface area contributed by atoms with Crippen LogP contribution in [0.2, 0.25) is 10.0 Å². The summed E-state index contributed by atoms with van der Waals surface area (Å²) in [6, 6.07) is 21.8. The molecule has 0 aliphatic carbocycles. The number of rotatable bonds is 6. The third-order valence-corrected chi connectivity index (χ3v) is 5.71. The molecular weight excluding hydrogens is 427 g/mol. The van der Waals surface area contributed by atoms with Gasteiger partial charge in [-0.1, -0.05) is 59.2 Å². The number of nitrogens with zero attached hydrogens (tertiary/aromatic N) is 2. The predicted molar refractivity (Wildman–Crippen MR) is 120 cm³/mol. The van der Waals surface area contributed by atoms with E-state index in [-0.39, 0.29) is 5.56 Å². The van der Waals surface area contributed by atoms with Crippen molar-refractivity contribution in [3.05, 3.63) is 93.2 Å². The van der Waals surface area contributed by atoms with E-state index >= 15 is 0 Å². The fourth-order valence-electron chi connectivity index (χ4n) is 2.87. The van der Waals surface area contributed by atoms with E-state index in [1.165, 1.54) is 11.8 Å². The smallest absolute Gasteiger partial charge is 0.266 e. The molecule has 1 heterocycles. The van der Waals surface area contributed by atoms with E-state index in [9.17, 15) is 4.79 Å². The highest BCUT2D eigenvalue weighted by atomic mass is 35.5. The van der Waals surface area contributed by atoms with Crippen LogP contribution in [0.1, 0.15) is 0 Å². The molecule has 1 aromatic heterocycles. The Morgan fingerprint density at radius 3 is 2.45 bits per heavy atom. The van der Waals surface area contributed by atoms with Crippen molar-refractivity contribution in [1.29, 1.82) is 0 Å². The Bertz CT molecular complexity index is 1210. The summed E-state index contributed by atoms with van der Waals surface area (Å²) in [7, 11) is 0. The maximum Gasteiger partial charge on any atom is 0.266 e. The van der Waals surface area contributed by atoms with Crippen molar-refractivity contribution in [2.75, 3.05) is 12.4 Å². The summed E-state index contributed by atoms with van der Waals surface area (Å²) in [6.07, 6.45) is 0. The molecule has 0 N–H and O–H groups in total. The highest BCUT2D eigenvalue weighted by molar-refractivity contribution is 7.99. The molecule has 0 atom stereocenters. The van der Waals surface area contributed by atoms with Gasteiger partial charge in [0.2, 0.25) is 0 Å². The molecule has 0 spiro atoms. The van der Waals surface area contributed by atoms with Crippen LogP contribution in [0.25, 0.3) is 16.6 Å². The Kier molecular flexibility index (Phi) is 6.09. The fraction of sp³-hybridized carbons (Fsp3) is 0.0909. The van der Waals surface area contributed by atoms with Crippen LogP contribution in [0.5, 0.6) is 5.75 Å². The number of halogens is 2. The van der Waals surface area contributed by atoms with E-state index in [4.69, 9.17) is 32.9 Å². The second-order valence-electron chi connectivity index (χ2n) is 6.16. The first-order valence-corrected chi connectivity index (χ1v) is 10.7. The number of hydrogen-bond donors (Lipinski definition) is 0. The van der Waals surface area contributed by atoms with E-state index in [2.05, 4.69) is 0 Å².